The van der Waals surface area contributed by atoms with E-state index in [-0.39, 0.29) is 5.97 Å². The Kier molecular flexibility index (Phi) is 5.90. The highest BCUT2D eigenvalue weighted by molar-refractivity contribution is 9.11. The van der Waals surface area contributed by atoms with Crippen LogP contribution in [0.1, 0.15) is 17.7 Å². The quantitative estimate of drug-likeness (QED) is 0.647. The van der Waals surface area contributed by atoms with Gasteiger partial charge in [-0.2, -0.15) is 0 Å². The summed E-state index contributed by atoms with van der Waals surface area (Å²) in [5.41, 5.74) is 0. The second kappa shape index (κ2) is 6.98. The van der Waals surface area contributed by atoms with Crippen LogP contribution in [0.2, 0.25) is 0 Å². The summed E-state index contributed by atoms with van der Waals surface area (Å²) in [7, 11) is 1.42. The van der Waals surface area contributed by atoms with Gasteiger partial charge in [0.15, 0.2) is 0 Å². The molecule has 1 aromatic rings. The van der Waals surface area contributed by atoms with Crippen LogP contribution in [0.5, 0.6) is 0 Å². The maximum absolute atomic E-state index is 10.8. The van der Waals surface area contributed by atoms with Gasteiger partial charge in [-0.1, -0.05) is 0 Å². The number of esters is 1. The second-order valence-corrected chi connectivity index (χ2v) is 5.61. The van der Waals surface area contributed by atoms with Crippen LogP contribution in [0.3, 0.4) is 0 Å². The first-order valence-electron chi connectivity index (χ1n) is 4.74. The van der Waals surface area contributed by atoms with Crippen LogP contribution in [-0.4, -0.2) is 19.6 Å². The van der Waals surface area contributed by atoms with E-state index in [1.165, 1.54) is 12.0 Å². The predicted octanol–water partition coefficient (Wildman–Crippen LogP) is 2.55. The van der Waals surface area contributed by atoms with Crippen molar-refractivity contribution in [1.29, 1.82) is 0 Å². The molecule has 0 aliphatic carbocycles. The van der Waals surface area contributed by atoms with E-state index in [0.717, 1.165) is 23.3 Å². The Labute approximate surface area is 102 Å². The molecule has 0 aromatic carbocycles. The van der Waals surface area contributed by atoms with Crippen molar-refractivity contribution >= 4 is 33.2 Å². The summed E-state index contributed by atoms with van der Waals surface area (Å²) in [6.45, 7) is 1.70. The number of thiophene rings is 1. The lowest BCUT2D eigenvalue weighted by Crippen LogP contribution is -2.15. The number of carbonyl (C=O) groups excluding carboxylic acids is 1. The molecular formula is C10H14BrNO2S. The number of nitrogens with one attached hydrogen (secondary N) is 1. The third-order valence-corrected chi connectivity index (χ3v) is 3.51. The van der Waals surface area contributed by atoms with Crippen molar-refractivity contribution in [3.8, 4) is 0 Å². The lowest BCUT2D eigenvalue weighted by atomic mass is 10.3. The van der Waals surface area contributed by atoms with Gasteiger partial charge in [0.2, 0.25) is 0 Å². The monoisotopic (exact) mass is 291 g/mol. The van der Waals surface area contributed by atoms with Crippen molar-refractivity contribution < 1.29 is 9.53 Å². The van der Waals surface area contributed by atoms with Crippen LogP contribution in [-0.2, 0) is 16.1 Å². The van der Waals surface area contributed by atoms with Crippen molar-refractivity contribution in [2.24, 2.45) is 0 Å². The zero-order valence-electron chi connectivity index (χ0n) is 8.59. The molecule has 0 amide bonds. The number of halogens is 1. The molecule has 0 saturated carbocycles. The largest absolute Gasteiger partial charge is 0.469 e. The summed E-state index contributed by atoms with van der Waals surface area (Å²) in [4.78, 5) is 12.1. The van der Waals surface area contributed by atoms with Crippen molar-refractivity contribution in [2.75, 3.05) is 13.7 Å². The standard InChI is InChI=1S/C10H14BrNO2S/c1-14-10(13)3-2-6-12-7-8-4-5-9(11)15-8/h4-5,12H,2-3,6-7H2,1H3. The maximum atomic E-state index is 10.8. The SMILES string of the molecule is COC(=O)CCCNCc1ccc(Br)s1. The molecule has 1 rings (SSSR count). The fourth-order valence-corrected chi connectivity index (χ4v) is 2.57. The van der Waals surface area contributed by atoms with Crippen LogP contribution < -0.4 is 5.32 Å². The summed E-state index contributed by atoms with van der Waals surface area (Å²) in [6.07, 6.45) is 1.30. The third kappa shape index (κ3) is 5.30. The molecule has 0 fully saturated rings. The average molecular weight is 292 g/mol. The van der Waals surface area contributed by atoms with Crippen LogP contribution in [0.4, 0.5) is 0 Å². The fourth-order valence-electron chi connectivity index (χ4n) is 1.12. The number of methoxy groups -OCH3 is 1. The molecule has 0 atom stereocenters. The summed E-state index contributed by atoms with van der Waals surface area (Å²) in [5, 5.41) is 3.28. The summed E-state index contributed by atoms with van der Waals surface area (Å²) in [5.74, 6) is -0.143. The van der Waals surface area contributed by atoms with Crippen molar-refractivity contribution in [2.45, 2.75) is 19.4 Å². The molecule has 84 valence electrons. The molecule has 0 aliphatic heterocycles. The van der Waals surface area contributed by atoms with Crippen molar-refractivity contribution in [1.82, 2.24) is 5.32 Å². The van der Waals surface area contributed by atoms with E-state index >= 15 is 0 Å². The lowest BCUT2D eigenvalue weighted by molar-refractivity contribution is -0.140. The highest BCUT2D eigenvalue weighted by Crippen LogP contribution is 2.21. The van der Waals surface area contributed by atoms with E-state index in [0.29, 0.717) is 6.42 Å². The van der Waals surface area contributed by atoms with Crippen LogP contribution >= 0.6 is 27.3 Å². The van der Waals surface area contributed by atoms with Gasteiger partial charge in [0.25, 0.3) is 0 Å². The fraction of sp³-hybridized carbons (Fsp3) is 0.500. The van der Waals surface area contributed by atoms with E-state index in [4.69, 9.17) is 0 Å². The first-order chi connectivity index (χ1) is 7.22. The molecule has 0 saturated heterocycles. The molecule has 5 heteroatoms. The number of carbonyl (C=O) groups is 1. The Hall–Kier alpha value is -0.390. The highest BCUT2D eigenvalue weighted by Gasteiger charge is 2.00. The third-order valence-electron chi connectivity index (χ3n) is 1.89. The molecule has 1 heterocycles. The number of ether oxygens (including phenoxy) is 1. The number of hydrogen-bond acceptors (Lipinski definition) is 4. The zero-order valence-corrected chi connectivity index (χ0v) is 11.0. The molecule has 0 unspecified atom stereocenters. The smallest absolute Gasteiger partial charge is 0.305 e. The van der Waals surface area contributed by atoms with E-state index in [1.807, 2.05) is 6.07 Å². The highest BCUT2D eigenvalue weighted by atomic mass is 79.9. The van der Waals surface area contributed by atoms with Gasteiger partial charge in [-0.3, -0.25) is 4.79 Å². The van der Waals surface area contributed by atoms with Crippen molar-refractivity contribution in [3.63, 3.8) is 0 Å². The lowest BCUT2D eigenvalue weighted by Gasteiger charge is -2.01. The van der Waals surface area contributed by atoms with E-state index in [1.54, 1.807) is 11.3 Å². The Morgan fingerprint density at radius 2 is 2.40 bits per heavy atom. The van der Waals surface area contributed by atoms with Crippen LogP contribution in [0.25, 0.3) is 0 Å². The number of hydrogen-bond donors (Lipinski definition) is 1. The van der Waals surface area contributed by atoms with Gasteiger partial charge in [-0.05, 0) is 41.0 Å². The summed E-state index contributed by atoms with van der Waals surface area (Å²) < 4.78 is 5.69. The van der Waals surface area contributed by atoms with Gasteiger partial charge in [-0.15, -0.1) is 11.3 Å². The molecule has 1 N–H and O–H groups in total. The first-order valence-corrected chi connectivity index (χ1v) is 6.35. The summed E-state index contributed by atoms with van der Waals surface area (Å²) >= 11 is 5.13. The molecule has 0 radical (unpaired) electrons. The molecular weight excluding hydrogens is 278 g/mol. The Morgan fingerprint density at radius 3 is 3.00 bits per heavy atom. The van der Waals surface area contributed by atoms with Gasteiger partial charge >= 0.3 is 5.97 Å². The normalized spacial score (nSPS) is 10.3. The minimum atomic E-state index is -0.143. The second-order valence-electron chi connectivity index (χ2n) is 3.06. The van der Waals surface area contributed by atoms with Gasteiger partial charge in [0.1, 0.15) is 0 Å². The first kappa shape index (κ1) is 12.7. The Bertz CT molecular complexity index is 314. The van der Waals surface area contributed by atoms with Gasteiger partial charge in [0.05, 0.1) is 10.9 Å². The van der Waals surface area contributed by atoms with Gasteiger partial charge in [0, 0.05) is 17.8 Å². The topological polar surface area (TPSA) is 38.3 Å². The van der Waals surface area contributed by atoms with Crippen LogP contribution in [0.15, 0.2) is 15.9 Å². The van der Waals surface area contributed by atoms with E-state index in [9.17, 15) is 4.79 Å². The van der Waals surface area contributed by atoms with E-state index in [2.05, 4.69) is 32.0 Å². The van der Waals surface area contributed by atoms with Gasteiger partial charge in [-0.25, -0.2) is 0 Å². The average Bonchev–Trinajstić information content (AvgIpc) is 2.63. The van der Waals surface area contributed by atoms with Crippen molar-refractivity contribution in [3.05, 3.63) is 20.8 Å². The zero-order chi connectivity index (χ0) is 11.1. The van der Waals surface area contributed by atoms with E-state index < -0.39 is 0 Å². The Morgan fingerprint density at radius 1 is 1.60 bits per heavy atom. The minimum absolute atomic E-state index is 0.143. The molecule has 0 bridgehead atoms. The van der Waals surface area contributed by atoms with Gasteiger partial charge < -0.3 is 10.1 Å². The predicted molar refractivity (Wildman–Crippen MR) is 65.0 cm³/mol. The van der Waals surface area contributed by atoms with Crippen LogP contribution in [0, 0.1) is 0 Å². The molecule has 0 aliphatic rings. The maximum Gasteiger partial charge on any atom is 0.305 e. The molecule has 1 aromatic heterocycles. The summed E-state index contributed by atoms with van der Waals surface area (Å²) in [6, 6.07) is 4.12. The molecule has 3 nitrogen and oxygen atoms in total. The Balaban J connectivity index is 2.05. The molecule has 0 spiro atoms. The number of rotatable bonds is 6. The minimum Gasteiger partial charge on any atom is -0.469 e. The molecule has 15 heavy (non-hydrogen) atoms.